The van der Waals surface area contributed by atoms with Gasteiger partial charge in [0, 0.05) is 36.4 Å². The van der Waals surface area contributed by atoms with Crippen molar-refractivity contribution in [2.75, 3.05) is 26.3 Å². The van der Waals surface area contributed by atoms with E-state index in [2.05, 4.69) is 15.9 Å². The van der Waals surface area contributed by atoms with Gasteiger partial charge in [0.1, 0.15) is 5.75 Å². The number of hydrogen-bond acceptors (Lipinski definition) is 6. The van der Waals surface area contributed by atoms with Crippen molar-refractivity contribution in [2.24, 2.45) is 0 Å². The maximum atomic E-state index is 12.0. The van der Waals surface area contributed by atoms with Gasteiger partial charge >= 0.3 is 0 Å². The molecule has 0 bridgehead atoms. The number of carboxylic acids is 1. The Bertz CT molecular complexity index is 501. The molecule has 21 heavy (non-hydrogen) atoms. The van der Waals surface area contributed by atoms with Crippen LogP contribution in [0.5, 0.6) is 5.75 Å². The Morgan fingerprint density at radius 1 is 1.33 bits per heavy atom. The maximum Gasteiger partial charge on any atom is 0.300 e. The molecule has 2 N–H and O–H groups in total. The number of carbonyl (C=O) groups excluding carboxylic acids is 1. The third kappa shape index (κ3) is 6.94. The van der Waals surface area contributed by atoms with Gasteiger partial charge in [0.2, 0.25) is 5.12 Å². The minimum Gasteiger partial charge on any atom is -0.507 e. The van der Waals surface area contributed by atoms with Gasteiger partial charge in [-0.2, -0.15) is 0 Å². The van der Waals surface area contributed by atoms with Crippen LogP contribution in [0.4, 0.5) is 0 Å². The van der Waals surface area contributed by atoms with Crippen molar-refractivity contribution >= 4 is 39.0 Å². The molecule has 1 fully saturated rings. The van der Waals surface area contributed by atoms with Crippen LogP contribution in [0.15, 0.2) is 22.7 Å². The largest absolute Gasteiger partial charge is 0.507 e. The summed E-state index contributed by atoms with van der Waals surface area (Å²) < 4.78 is 7.94. The summed E-state index contributed by atoms with van der Waals surface area (Å²) in [5.41, 5.74) is 0.330. The molecule has 8 heteroatoms. The summed E-state index contributed by atoms with van der Waals surface area (Å²) >= 11 is 4.41. The van der Waals surface area contributed by atoms with Crippen molar-refractivity contribution in [2.45, 2.75) is 6.92 Å². The first-order chi connectivity index (χ1) is 9.90. The van der Waals surface area contributed by atoms with Gasteiger partial charge in [0.25, 0.3) is 5.97 Å². The second kappa shape index (κ2) is 9.04. The van der Waals surface area contributed by atoms with E-state index in [0.29, 0.717) is 18.8 Å². The highest BCUT2D eigenvalue weighted by molar-refractivity contribution is 9.10. The van der Waals surface area contributed by atoms with E-state index in [4.69, 9.17) is 14.6 Å². The number of aromatic hydroxyl groups is 1. The highest BCUT2D eigenvalue weighted by Gasteiger charge is 2.19. The van der Waals surface area contributed by atoms with E-state index in [9.17, 15) is 9.90 Å². The fraction of sp³-hybridized carbons (Fsp3) is 0.385. The zero-order valence-electron chi connectivity index (χ0n) is 11.4. The predicted octanol–water partition coefficient (Wildman–Crippen LogP) is 2.37. The molecular formula is C13H16BrNO5S. The van der Waals surface area contributed by atoms with Gasteiger partial charge in [0.15, 0.2) is 0 Å². The summed E-state index contributed by atoms with van der Waals surface area (Å²) in [6.07, 6.45) is 0. The number of benzene rings is 1. The fourth-order valence-corrected chi connectivity index (χ4v) is 2.67. The number of aliphatic carboxylic acids is 1. The van der Waals surface area contributed by atoms with E-state index < -0.39 is 5.97 Å². The van der Waals surface area contributed by atoms with Gasteiger partial charge in [-0.1, -0.05) is 15.9 Å². The van der Waals surface area contributed by atoms with Crippen molar-refractivity contribution in [1.29, 1.82) is 0 Å². The third-order valence-electron chi connectivity index (χ3n) is 2.36. The number of phenolic OH excluding ortho intramolecular Hbond substituents is 1. The molecule has 0 unspecified atom stereocenters. The highest BCUT2D eigenvalue weighted by Crippen LogP contribution is 2.27. The zero-order valence-corrected chi connectivity index (χ0v) is 13.8. The Balaban J connectivity index is 0.000000491. The number of rotatable bonds is 2. The zero-order chi connectivity index (χ0) is 15.8. The molecule has 0 spiro atoms. The molecule has 6 nitrogen and oxygen atoms in total. The van der Waals surface area contributed by atoms with E-state index in [1.165, 1.54) is 6.07 Å². The molecule has 0 aromatic heterocycles. The molecule has 0 saturated carbocycles. The van der Waals surface area contributed by atoms with Gasteiger partial charge < -0.3 is 14.9 Å². The average Bonchev–Trinajstić information content (AvgIpc) is 2.42. The monoisotopic (exact) mass is 377 g/mol. The molecule has 2 rings (SSSR count). The van der Waals surface area contributed by atoms with Crippen LogP contribution in [-0.2, 0) is 9.53 Å². The van der Waals surface area contributed by atoms with Gasteiger partial charge in [0.05, 0.1) is 18.8 Å². The minimum absolute atomic E-state index is 0.0129. The first-order valence-corrected chi connectivity index (χ1v) is 7.70. The molecule has 1 saturated heterocycles. The van der Waals surface area contributed by atoms with E-state index in [1.807, 2.05) is 4.31 Å². The van der Waals surface area contributed by atoms with Crippen LogP contribution in [0.25, 0.3) is 0 Å². The van der Waals surface area contributed by atoms with Crippen LogP contribution >= 0.6 is 27.9 Å². The number of carbonyl (C=O) groups is 2. The average molecular weight is 378 g/mol. The van der Waals surface area contributed by atoms with E-state index in [1.54, 1.807) is 12.1 Å². The molecular weight excluding hydrogens is 362 g/mol. The lowest BCUT2D eigenvalue weighted by Crippen LogP contribution is -2.32. The van der Waals surface area contributed by atoms with Crippen LogP contribution in [-0.4, -0.2) is 51.9 Å². The Hall–Kier alpha value is -1.09. The first kappa shape index (κ1) is 18.0. The topological polar surface area (TPSA) is 87.1 Å². The van der Waals surface area contributed by atoms with Crippen LogP contribution in [0, 0.1) is 0 Å². The molecule has 1 aromatic rings. The van der Waals surface area contributed by atoms with E-state index >= 15 is 0 Å². The molecule has 0 aliphatic carbocycles. The van der Waals surface area contributed by atoms with E-state index in [0.717, 1.165) is 36.4 Å². The predicted molar refractivity (Wildman–Crippen MR) is 83.4 cm³/mol. The number of halogens is 1. The first-order valence-electron chi connectivity index (χ1n) is 6.13. The summed E-state index contributed by atoms with van der Waals surface area (Å²) in [6, 6.07) is 4.84. The number of carboxylic acid groups (broad SMARTS) is 1. The van der Waals surface area contributed by atoms with Gasteiger partial charge in [-0.15, -0.1) is 0 Å². The quantitative estimate of drug-likeness (QED) is 0.764. The minimum atomic E-state index is -0.833. The fourth-order valence-electron chi connectivity index (χ4n) is 1.48. The van der Waals surface area contributed by atoms with Crippen molar-refractivity contribution in [3.63, 3.8) is 0 Å². The molecule has 1 heterocycles. The molecule has 0 radical (unpaired) electrons. The Morgan fingerprint density at radius 3 is 2.48 bits per heavy atom. The standard InChI is InChI=1S/C11H12BrNO3S.C2H4O2/c12-8-1-2-10(14)9(7-8)11(15)17-13-3-5-16-6-4-13;1-2(3)4/h1-2,7,14H,3-6H2;1H3,(H,3,4). The second-order valence-electron chi connectivity index (χ2n) is 4.10. The lowest BCUT2D eigenvalue weighted by Gasteiger charge is -2.24. The third-order valence-corrected chi connectivity index (χ3v) is 3.86. The summed E-state index contributed by atoms with van der Waals surface area (Å²) in [7, 11) is 0. The molecule has 0 amide bonds. The lowest BCUT2D eigenvalue weighted by molar-refractivity contribution is -0.134. The second-order valence-corrected chi connectivity index (χ2v) is 6.09. The van der Waals surface area contributed by atoms with Crippen LogP contribution in [0.1, 0.15) is 17.3 Å². The molecule has 116 valence electrons. The SMILES string of the molecule is CC(=O)O.O=C(SN1CCOCC1)c1cc(Br)ccc1O. The number of hydrogen-bond donors (Lipinski definition) is 2. The normalized spacial score (nSPS) is 15.0. The summed E-state index contributed by atoms with van der Waals surface area (Å²) in [5.74, 6) is -0.820. The number of nitrogens with zero attached hydrogens (tertiary/aromatic N) is 1. The van der Waals surface area contributed by atoms with E-state index in [-0.39, 0.29) is 10.9 Å². The van der Waals surface area contributed by atoms with Gasteiger partial charge in [-0.25, -0.2) is 4.31 Å². The van der Waals surface area contributed by atoms with Crippen LogP contribution in [0.2, 0.25) is 0 Å². The Labute approximate surface area is 135 Å². The highest BCUT2D eigenvalue weighted by atomic mass is 79.9. The van der Waals surface area contributed by atoms with Crippen molar-refractivity contribution in [3.05, 3.63) is 28.2 Å². The molecule has 1 aliphatic heterocycles. The van der Waals surface area contributed by atoms with Gasteiger partial charge in [-0.3, -0.25) is 9.59 Å². The van der Waals surface area contributed by atoms with Crippen molar-refractivity contribution < 1.29 is 24.5 Å². The Kier molecular flexibility index (Phi) is 7.73. The Morgan fingerprint density at radius 2 is 1.90 bits per heavy atom. The maximum absolute atomic E-state index is 12.0. The molecule has 1 aliphatic rings. The summed E-state index contributed by atoms with van der Waals surface area (Å²) in [4.78, 5) is 21.0. The lowest BCUT2D eigenvalue weighted by atomic mass is 10.2. The van der Waals surface area contributed by atoms with Crippen molar-refractivity contribution in [1.82, 2.24) is 4.31 Å². The van der Waals surface area contributed by atoms with Crippen molar-refractivity contribution in [3.8, 4) is 5.75 Å². The summed E-state index contributed by atoms with van der Waals surface area (Å²) in [6.45, 7) is 3.83. The number of morpholine rings is 1. The number of phenols is 1. The molecule has 1 aromatic carbocycles. The van der Waals surface area contributed by atoms with Crippen LogP contribution < -0.4 is 0 Å². The van der Waals surface area contributed by atoms with Gasteiger partial charge in [-0.05, 0) is 18.2 Å². The van der Waals surface area contributed by atoms with Crippen LogP contribution in [0.3, 0.4) is 0 Å². The number of ether oxygens (including phenoxy) is 1. The summed E-state index contributed by atoms with van der Waals surface area (Å²) in [5, 5.41) is 16.9. The molecule has 0 atom stereocenters. The smallest absolute Gasteiger partial charge is 0.300 e.